The Labute approximate surface area is 97.0 Å². The summed E-state index contributed by atoms with van der Waals surface area (Å²) in [4.78, 5) is 13.8. The minimum Gasteiger partial charge on any atom is -0.389 e. The smallest absolute Gasteiger partial charge is 0.221 e. The number of piperidine rings is 1. The van der Waals surface area contributed by atoms with Gasteiger partial charge in [0, 0.05) is 25.6 Å². The maximum atomic E-state index is 11.5. The normalized spacial score (nSPS) is 37.9. The number of nitrogens with zero attached hydrogens (tertiary/aromatic N) is 1. The molecule has 2 fully saturated rings. The van der Waals surface area contributed by atoms with E-state index >= 15 is 0 Å². The number of carbonyl (C=O) groups excluding carboxylic acids is 1. The Balaban J connectivity index is 1.97. The molecule has 0 aromatic rings. The summed E-state index contributed by atoms with van der Waals surface area (Å²) in [6, 6.07) is 0.328. The molecule has 2 saturated heterocycles. The maximum Gasteiger partial charge on any atom is 0.221 e. The summed E-state index contributed by atoms with van der Waals surface area (Å²) in [6.07, 6.45) is 4.62. The van der Waals surface area contributed by atoms with E-state index < -0.39 is 5.60 Å². The standard InChI is InChI=1S/C12H22N2O2/c1-12(16)5-3-7-14(9-12)10-4-2-6-13-11(15)8-10/h10,16H,2-9H2,1H3,(H,13,15). The topological polar surface area (TPSA) is 52.6 Å². The molecule has 16 heavy (non-hydrogen) atoms. The predicted molar refractivity (Wildman–Crippen MR) is 62.1 cm³/mol. The van der Waals surface area contributed by atoms with Crippen LogP contribution in [0.4, 0.5) is 0 Å². The third-order valence-corrected chi connectivity index (χ3v) is 3.68. The van der Waals surface area contributed by atoms with Crippen LogP contribution in [0.2, 0.25) is 0 Å². The maximum absolute atomic E-state index is 11.5. The first-order chi connectivity index (χ1) is 7.57. The van der Waals surface area contributed by atoms with E-state index in [0.29, 0.717) is 19.0 Å². The lowest BCUT2D eigenvalue weighted by molar-refractivity contribution is -0.122. The number of aliphatic hydroxyl groups is 1. The van der Waals surface area contributed by atoms with E-state index in [1.807, 2.05) is 6.92 Å². The van der Waals surface area contributed by atoms with Gasteiger partial charge in [-0.2, -0.15) is 0 Å². The van der Waals surface area contributed by atoms with Crippen molar-refractivity contribution in [1.82, 2.24) is 10.2 Å². The van der Waals surface area contributed by atoms with Crippen LogP contribution in [0.15, 0.2) is 0 Å². The quantitative estimate of drug-likeness (QED) is 0.684. The number of hydrogen-bond acceptors (Lipinski definition) is 3. The van der Waals surface area contributed by atoms with Crippen molar-refractivity contribution in [2.45, 2.75) is 50.7 Å². The summed E-state index contributed by atoms with van der Waals surface area (Å²) in [5, 5.41) is 13.0. The number of rotatable bonds is 1. The number of nitrogens with one attached hydrogen (secondary N) is 1. The van der Waals surface area contributed by atoms with Crippen molar-refractivity contribution in [2.75, 3.05) is 19.6 Å². The molecule has 2 aliphatic rings. The molecule has 0 aromatic carbocycles. The Hall–Kier alpha value is -0.610. The average molecular weight is 226 g/mol. The molecule has 2 heterocycles. The van der Waals surface area contributed by atoms with E-state index in [0.717, 1.165) is 38.8 Å². The number of amides is 1. The Morgan fingerprint density at radius 2 is 2.31 bits per heavy atom. The van der Waals surface area contributed by atoms with E-state index in [1.54, 1.807) is 0 Å². The summed E-state index contributed by atoms with van der Waals surface area (Å²) in [5.41, 5.74) is -0.568. The molecular formula is C12H22N2O2. The molecule has 1 amide bonds. The van der Waals surface area contributed by atoms with Gasteiger partial charge in [-0.3, -0.25) is 9.69 Å². The van der Waals surface area contributed by atoms with Crippen LogP contribution in [0.25, 0.3) is 0 Å². The fourth-order valence-electron chi connectivity index (χ4n) is 2.84. The van der Waals surface area contributed by atoms with Gasteiger partial charge in [0.05, 0.1) is 5.60 Å². The van der Waals surface area contributed by atoms with Crippen molar-refractivity contribution in [1.29, 1.82) is 0 Å². The lowest BCUT2D eigenvalue weighted by atomic mass is 9.92. The van der Waals surface area contributed by atoms with Gasteiger partial charge in [0.15, 0.2) is 0 Å². The Morgan fingerprint density at radius 1 is 1.50 bits per heavy atom. The first-order valence-corrected chi connectivity index (χ1v) is 6.30. The van der Waals surface area contributed by atoms with Crippen LogP contribution in [0.3, 0.4) is 0 Å². The summed E-state index contributed by atoms with van der Waals surface area (Å²) >= 11 is 0. The van der Waals surface area contributed by atoms with Crippen LogP contribution in [0, 0.1) is 0 Å². The fourth-order valence-corrected chi connectivity index (χ4v) is 2.84. The molecule has 2 unspecified atom stereocenters. The molecule has 4 nitrogen and oxygen atoms in total. The predicted octanol–water partition coefficient (Wildman–Crippen LogP) is 0.502. The Morgan fingerprint density at radius 3 is 3.06 bits per heavy atom. The molecular weight excluding hydrogens is 204 g/mol. The fraction of sp³-hybridized carbons (Fsp3) is 0.917. The van der Waals surface area contributed by atoms with Gasteiger partial charge in [-0.25, -0.2) is 0 Å². The third kappa shape index (κ3) is 2.95. The van der Waals surface area contributed by atoms with Crippen LogP contribution in [-0.4, -0.2) is 47.2 Å². The highest BCUT2D eigenvalue weighted by Crippen LogP contribution is 2.25. The molecule has 2 aliphatic heterocycles. The zero-order valence-corrected chi connectivity index (χ0v) is 10.0. The molecule has 0 saturated carbocycles. The van der Waals surface area contributed by atoms with Crippen LogP contribution in [-0.2, 0) is 4.79 Å². The SMILES string of the molecule is CC1(O)CCCN(C2CCCNC(=O)C2)C1. The van der Waals surface area contributed by atoms with E-state index in [-0.39, 0.29) is 5.91 Å². The Kier molecular flexibility index (Phi) is 3.50. The monoisotopic (exact) mass is 226 g/mol. The number of hydrogen-bond donors (Lipinski definition) is 2. The highest BCUT2D eigenvalue weighted by molar-refractivity contribution is 5.76. The molecule has 0 bridgehead atoms. The summed E-state index contributed by atoms with van der Waals surface area (Å²) in [5.74, 6) is 0.160. The molecule has 0 aliphatic carbocycles. The van der Waals surface area contributed by atoms with Crippen LogP contribution in [0.1, 0.15) is 39.0 Å². The van der Waals surface area contributed by atoms with Crippen LogP contribution < -0.4 is 5.32 Å². The first kappa shape index (κ1) is 11.9. The number of β-amino-alcohol motifs (C(OH)–C–C–N with tert-alkyl or cyclic N) is 1. The lowest BCUT2D eigenvalue weighted by Crippen LogP contribution is -2.50. The molecule has 0 radical (unpaired) electrons. The molecule has 2 atom stereocenters. The zero-order chi connectivity index (χ0) is 11.6. The van der Waals surface area contributed by atoms with Crippen molar-refractivity contribution in [3.8, 4) is 0 Å². The van der Waals surface area contributed by atoms with Crippen molar-refractivity contribution >= 4 is 5.91 Å². The van der Waals surface area contributed by atoms with E-state index in [9.17, 15) is 9.90 Å². The highest BCUT2D eigenvalue weighted by atomic mass is 16.3. The molecule has 92 valence electrons. The second kappa shape index (κ2) is 4.72. The summed E-state index contributed by atoms with van der Waals surface area (Å²) in [6.45, 7) is 4.44. The van der Waals surface area contributed by atoms with E-state index in [4.69, 9.17) is 0 Å². The minimum atomic E-state index is -0.568. The van der Waals surface area contributed by atoms with E-state index in [2.05, 4.69) is 10.2 Å². The van der Waals surface area contributed by atoms with Crippen molar-refractivity contribution < 1.29 is 9.90 Å². The van der Waals surface area contributed by atoms with Crippen molar-refractivity contribution in [3.63, 3.8) is 0 Å². The van der Waals surface area contributed by atoms with E-state index in [1.165, 1.54) is 0 Å². The van der Waals surface area contributed by atoms with Gasteiger partial charge >= 0.3 is 0 Å². The van der Waals surface area contributed by atoms with Gasteiger partial charge < -0.3 is 10.4 Å². The number of carbonyl (C=O) groups is 1. The zero-order valence-electron chi connectivity index (χ0n) is 10.0. The van der Waals surface area contributed by atoms with Gasteiger partial charge in [0.1, 0.15) is 0 Å². The summed E-state index contributed by atoms with van der Waals surface area (Å²) < 4.78 is 0. The molecule has 4 heteroatoms. The van der Waals surface area contributed by atoms with Crippen molar-refractivity contribution in [2.24, 2.45) is 0 Å². The van der Waals surface area contributed by atoms with Gasteiger partial charge in [0.25, 0.3) is 0 Å². The summed E-state index contributed by atoms with van der Waals surface area (Å²) in [7, 11) is 0. The lowest BCUT2D eigenvalue weighted by Gasteiger charge is -2.40. The van der Waals surface area contributed by atoms with Gasteiger partial charge in [-0.05, 0) is 39.2 Å². The molecule has 2 N–H and O–H groups in total. The van der Waals surface area contributed by atoms with Gasteiger partial charge in [0.2, 0.25) is 5.91 Å². The average Bonchev–Trinajstić information content (AvgIpc) is 2.41. The second-order valence-electron chi connectivity index (χ2n) is 5.42. The largest absolute Gasteiger partial charge is 0.389 e. The van der Waals surface area contributed by atoms with Crippen LogP contribution >= 0.6 is 0 Å². The molecule has 0 spiro atoms. The molecule has 0 aromatic heterocycles. The Bertz CT molecular complexity index is 266. The van der Waals surface area contributed by atoms with Gasteiger partial charge in [-0.1, -0.05) is 0 Å². The van der Waals surface area contributed by atoms with Crippen molar-refractivity contribution in [3.05, 3.63) is 0 Å². The van der Waals surface area contributed by atoms with Crippen LogP contribution in [0.5, 0.6) is 0 Å². The molecule has 2 rings (SSSR count). The number of likely N-dealkylation sites (tertiary alicyclic amines) is 1. The first-order valence-electron chi connectivity index (χ1n) is 6.30. The highest BCUT2D eigenvalue weighted by Gasteiger charge is 2.33. The second-order valence-corrected chi connectivity index (χ2v) is 5.42. The van der Waals surface area contributed by atoms with Gasteiger partial charge in [-0.15, -0.1) is 0 Å². The third-order valence-electron chi connectivity index (χ3n) is 3.68. The minimum absolute atomic E-state index is 0.160.